The lowest BCUT2D eigenvalue weighted by atomic mass is 10.1. The minimum atomic E-state index is -0.0472. The van der Waals surface area contributed by atoms with Crippen LogP contribution in [-0.4, -0.2) is 23.7 Å². The van der Waals surface area contributed by atoms with Crippen LogP contribution in [0, 0.1) is 19.8 Å². The number of nitrogens with one attached hydrogen (secondary N) is 1. The van der Waals surface area contributed by atoms with Crippen LogP contribution in [0.4, 0.5) is 0 Å². The van der Waals surface area contributed by atoms with E-state index in [2.05, 4.69) is 5.32 Å². The monoisotopic (exact) mass is 241 g/mol. The van der Waals surface area contributed by atoms with E-state index in [4.69, 9.17) is 5.11 Å². The fourth-order valence-electron chi connectivity index (χ4n) is 1.26. The van der Waals surface area contributed by atoms with Gasteiger partial charge in [-0.2, -0.15) is 0 Å². The van der Waals surface area contributed by atoms with Crippen molar-refractivity contribution in [2.24, 2.45) is 5.92 Å². The Hall–Kier alpha value is -0.870. The van der Waals surface area contributed by atoms with Crippen LogP contribution in [0.2, 0.25) is 0 Å². The van der Waals surface area contributed by atoms with E-state index in [0.29, 0.717) is 0 Å². The molecule has 0 radical (unpaired) electrons. The quantitative estimate of drug-likeness (QED) is 0.848. The second-order valence-electron chi connectivity index (χ2n) is 4.27. The second kappa shape index (κ2) is 5.46. The third-order valence-corrected chi connectivity index (χ3v) is 4.04. The molecule has 0 fully saturated rings. The second-order valence-corrected chi connectivity index (χ2v) is 5.53. The summed E-state index contributed by atoms with van der Waals surface area (Å²) in [5, 5.41) is 11.9. The van der Waals surface area contributed by atoms with Crippen molar-refractivity contribution in [3.05, 3.63) is 21.4 Å². The molecule has 1 amide bonds. The Kier molecular flexibility index (Phi) is 4.50. The number of amides is 1. The molecule has 2 atom stereocenters. The van der Waals surface area contributed by atoms with Crippen LogP contribution in [-0.2, 0) is 0 Å². The first kappa shape index (κ1) is 13.2. The van der Waals surface area contributed by atoms with Crippen LogP contribution in [0.15, 0.2) is 6.07 Å². The van der Waals surface area contributed by atoms with Gasteiger partial charge in [-0.15, -0.1) is 11.3 Å². The van der Waals surface area contributed by atoms with Gasteiger partial charge in [-0.25, -0.2) is 0 Å². The molecular weight excluding hydrogens is 222 g/mol. The maximum atomic E-state index is 11.9. The highest BCUT2D eigenvalue weighted by atomic mass is 32.1. The topological polar surface area (TPSA) is 49.3 Å². The number of carbonyl (C=O) groups is 1. The van der Waals surface area contributed by atoms with Crippen molar-refractivity contribution < 1.29 is 9.90 Å². The first-order chi connectivity index (χ1) is 7.45. The number of rotatable bonds is 4. The number of hydrogen-bond acceptors (Lipinski definition) is 3. The summed E-state index contributed by atoms with van der Waals surface area (Å²) in [7, 11) is 0. The third-order valence-electron chi connectivity index (χ3n) is 2.89. The molecule has 0 aromatic carbocycles. The van der Waals surface area contributed by atoms with Crippen LogP contribution >= 0.6 is 11.3 Å². The maximum absolute atomic E-state index is 11.9. The summed E-state index contributed by atoms with van der Waals surface area (Å²) in [6.07, 6.45) is 0. The van der Waals surface area contributed by atoms with E-state index in [1.165, 1.54) is 16.2 Å². The molecule has 1 rings (SSSR count). The summed E-state index contributed by atoms with van der Waals surface area (Å²) >= 11 is 1.51. The zero-order valence-electron chi connectivity index (χ0n) is 10.2. The number of carbonyl (C=O) groups excluding carboxylic acids is 1. The first-order valence-electron chi connectivity index (χ1n) is 5.44. The van der Waals surface area contributed by atoms with Gasteiger partial charge >= 0.3 is 0 Å². The molecular formula is C12H19NO2S. The largest absolute Gasteiger partial charge is 0.396 e. The smallest absolute Gasteiger partial charge is 0.261 e. The van der Waals surface area contributed by atoms with Gasteiger partial charge in [0.2, 0.25) is 0 Å². The van der Waals surface area contributed by atoms with E-state index in [9.17, 15) is 4.79 Å². The van der Waals surface area contributed by atoms with Gasteiger partial charge in [-0.3, -0.25) is 4.79 Å². The van der Waals surface area contributed by atoms with Crippen molar-refractivity contribution in [2.45, 2.75) is 33.7 Å². The molecule has 0 spiro atoms. The summed E-state index contributed by atoms with van der Waals surface area (Å²) in [5.74, 6) is 0.0279. The van der Waals surface area contributed by atoms with E-state index in [-0.39, 0.29) is 24.5 Å². The van der Waals surface area contributed by atoms with Crippen molar-refractivity contribution in [3.8, 4) is 0 Å². The van der Waals surface area contributed by atoms with Crippen molar-refractivity contribution in [1.82, 2.24) is 5.32 Å². The average molecular weight is 241 g/mol. The Morgan fingerprint density at radius 2 is 2.12 bits per heavy atom. The molecule has 0 saturated carbocycles. The highest BCUT2D eigenvalue weighted by molar-refractivity contribution is 7.14. The lowest BCUT2D eigenvalue weighted by Crippen LogP contribution is -2.38. The van der Waals surface area contributed by atoms with Gasteiger partial charge in [0, 0.05) is 17.5 Å². The number of hydrogen-bond donors (Lipinski definition) is 2. The number of aliphatic hydroxyl groups is 1. The van der Waals surface area contributed by atoms with Crippen molar-refractivity contribution in [3.63, 3.8) is 0 Å². The van der Waals surface area contributed by atoms with E-state index in [0.717, 1.165) is 10.4 Å². The van der Waals surface area contributed by atoms with Gasteiger partial charge in [-0.1, -0.05) is 6.92 Å². The predicted octanol–water partition coefficient (Wildman–Crippen LogP) is 2.11. The fraction of sp³-hybridized carbons (Fsp3) is 0.583. The van der Waals surface area contributed by atoms with Crippen molar-refractivity contribution in [2.75, 3.05) is 6.61 Å². The Balaban J connectivity index is 2.65. The predicted molar refractivity (Wildman–Crippen MR) is 67.0 cm³/mol. The lowest BCUT2D eigenvalue weighted by molar-refractivity contribution is 0.0920. The fourth-order valence-corrected chi connectivity index (χ4v) is 2.20. The molecule has 0 aliphatic rings. The molecule has 0 saturated heterocycles. The van der Waals surface area contributed by atoms with Gasteiger partial charge in [-0.05, 0) is 38.3 Å². The molecule has 0 aliphatic carbocycles. The standard InChI is InChI=1S/C12H19NO2S/c1-7-5-11(16-10(7)4)12(15)13-9(3)8(2)6-14/h5,8-9,14H,6H2,1-4H3,(H,13,15). The molecule has 3 nitrogen and oxygen atoms in total. The SMILES string of the molecule is Cc1cc(C(=O)NC(C)C(C)CO)sc1C. The van der Waals surface area contributed by atoms with E-state index < -0.39 is 0 Å². The Morgan fingerprint density at radius 1 is 1.50 bits per heavy atom. The van der Waals surface area contributed by atoms with E-state index in [1.54, 1.807) is 0 Å². The molecule has 1 heterocycles. The molecule has 1 aromatic heterocycles. The maximum Gasteiger partial charge on any atom is 0.261 e. The Morgan fingerprint density at radius 3 is 2.56 bits per heavy atom. The molecule has 1 aromatic rings. The first-order valence-corrected chi connectivity index (χ1v) is 6.26. The molecule has 2 unspecified atom stereocenters. The van der Waals surface area contributed by atoms with Gasteiger partial charge < -0.3 is 10.4 Å². The van der Waals surface area contributed by atoms with Gasteiger partial charge in [0.1, 0.15) is 0 Å². The summed E-state index contributed by atoms with van der Waals surface area (Å²) < 4.78 is 0. The van der Waals surface area contributed by atoms with Crippen LogP contribution < -0.4 is 5.32 Å². The molecule has 16 heavy (non-hydrogen) atoms. The molecule has 90 valence electrons. The molecule has 4 heteroatoms. The summed E-state index contributed by atoms with van der Waals surface area (Å²) in [6, 6.07) is 1.89. The van der Waals surface area contributed by atoms with E-state index >= 15 is 0 Å². The molecule has 0 bridgehead atoms. The van der Waals surface area contributed by atoms with Crippen LogP contribution in [0.3, 0.4) is 0 Å². The van der Waals surface area contributed by atoms with Crippen molar-refractivity contribution >= 4 is 17.2 Å². The van der Waals surface area contributed by atoms with E-state index in [1.807, 2.05) is 33.8 Å². The Bertz CT molecular complexity index is 354. The minimum Gasteiger partial charge on any atom is -0.396 e. The normalized spacial score (nSPS) is 14.6. The third kappa shape index (κ3) is 3.06. The minimum absolute atomic E-state index is 0.0137. The number of aryl methyl sites for hydroxylation is 2. The summed E-state index contributed by atoms with van der Waals surface area (Å²) in [5.41, 5.74) is 1.15. The summed E-state index contributed by atoms with van der Waals surface area (Å²) in [4.78, 5) is 13.8. The van der Waals surface area contributed by atoms with Crippen LogP contribution in [0.5, 0.6) is 0 Å². The molecule has 2 N–H and O–H groups in total. The lowest BCUT2D eigenvalue weighted by Gasteiger charge is -2.18. The summed E-state index contributed by atoms with van der Waals surface area (Å²) in [6.45, 7) is 7.92. The highest BCUT2D eigenvalue weighted by Gasteiger charge is 2.16. The Labute approximate surface area is 100 Å². The molecule has 0 aliphatic heterocycles. The van der Waals surface area contributed by atoms with Crippen LogP contribution in [0.25, 0.3) is 0 Å². The average Bonchev–Trinajstić information content (AvgIpc) is 2.58. The zero-order valence-corrected chi connectivity index (χ0v) is 11.0. The van der Waals surface area contributed by atoms with Gasteiger partial charge in [0.05, 0.1) is 4.88 Å². The number of thiophene rings is 1. The van der Waals surface area contributed by atoms with Gasteiger partial charge in [0.25, 0.3) is 5.91 Å². The number of aliphatic hydroxyl groups excluding tert-OH is 1. The highest BCUT2D eigenvalue weighted by Crippen LogP contribution is 2.20. The van der Waals surface area contributed by atoms with Crippen LogP contribution in [0.1, 0.15) is 34.0 Å². The zero-order chi connectivity index (χ0) is 12.3. The van der Waals surface area contributed by atoms with Gasteiger partial charge in [0.15, 0.2) is 0 Å². The van der Waals surface area contributed by atoms with Crippen molar-refractivity contribution in [1.29, 1.82) is 0 Å².